The fraction of sp³-hybridized carbons (Fsp3) is 0.318. The first kappa shape index (κ1) is 21.4. The number of carbonyl (C=O) groups excluding carboxylic acids is 1. The summed E-state index contributed by atoms with van der Waals surface area (Å²) in [4.78, 5) is 12.8. The summed E-state index contributed by atoms with van der Waals surface area (Å²) >= 11 is 7.72. The number of aryl methyl sites for hydroxylation is 2. The van der Waals surface area contributed by atoms with Crippen LogP contribution in [0.15, 0.2) is 47.6 Å². The molecule has 7 heteroatoms. The molecule has 0 aliphatic carbocycles. The molecule has 1 heterocycles. The Hall–Kier alpha value is -2.31. The fourth-order valence-corrected chi connectivity index (χ4v) is 4.11. The van der Waals surface area contributed by atoms with Gasteiger partial charge in [0.1, 0.15) is 0 Å². The van der Waals surface area contributed by atoms with Gasteiger partial charge in [0.25, 0.3) is 0 Å². The molecule has 0 bridgehead atoms. The molecule has 0 aliphatic rings. The van der Waals surface area contributed by atoms with E-state index >= 15 is 0 Å². The molecule has 1 N–H and O–H groups in total. The van der Waals surface area contributed by atoms with Crippen molar-refractivity contribution in [3.63, 3.8) is 0 Å². The van der Waals surface area contributed by atoms with Crippen molar-refractivity contribution in [3.8, 4) is 11.4 Å². The van der Waals surface area contributed by atoms with Crippen LogP contribution in [-0.2, 0) is 11.3 Å². The number of rotatable bonds is 7. The van der Waals surface area contributed by atoms with E-state index in [-0.39, 0.29) is 11.2 Å². The molecule has 0 radical (unpaired) electrons. The minimum Gasteiger partial charge on any atom is -0.325 e. The number of nitrogens with zero attached hydrogens (tertiary/aromatic N) is 3. The second-order valence-corrected chi connectivity index (χ2v) is 8.46. The summed E-state index contributed by atoms with van der Waals surface area (Å²) in [6, 6.07) is 13.7. The van der Waals surface area contributed by atoms with Gasteiger partial charge in [0, 0.05) is 22.8 Å². The molecule has 0 aliphatic heterocycles. The van der Waals surface area contributed by atoms with Gasteiger partial charge in [-0.05, 0) is 51.0 Å². The Bertz CT molecular complexity index is 1000. The number of nitrogens with one attached hydrogen (secondary N) is 1. The largest absolute Gasteiger partial charge is 0.325 e. The molecule has 2 aromatic carbocycles. The molecule has 152 valence electrons. The molecule has 1 amide bonds. The number of carbonyl (C=O) groups is 1. The van der Waals surface area contributed by atoms with Crippen molar-refractivity contribution in [2.75, 3.05) is 5.32 Å². The molecule has 0 saturated heterocycles. The lowest BCUT2D eigenvalue weighted by molar-refractivity contribution is -0.115. The molecular weight excluding hydrogens is 404 g/mol. The smallest absolute Gasteiger partial charge is 0.237 e. The van der Waals surface area contributed by atoms with Crippen molar-refractivity contribution in [2.24, 2.45) is 0 Å². The van der Waals surface area contributed by atoms with Crippen LogP contribution in [0.4, 0.5) is 5.69 Å². The van der Waals surface area contributed by atoms with Gasteiger partial charge in [0.05, 0.1) is 5.25 Å². The van der Waals surface area contributed by atoms with Crippen LogP contribution in [0.25, 0.3) is 11.4 Å². The summed E-state index contributed by atoms with van der Waals surface area (Å²) in [6.45, 7) is 8.73. The summed E-state index contributed by atoms with van der Waals surface area (Å²) in [5.74, 6) is 0.720. The lowest BCUT2D eigenvalue weighted by Crippen LogP contribution is -2.25. The minimum absolute atomic E-state index is 0.0352. The third-order valence-electron chi connectivity index (χ3n) is 4.69. The summed E-state index contributed by atoms with van der Waals surface area (Å²) in [7, 11) is 0. The molecule has 1 aromatic heterocycles. The highest BCUT2D eigenvalue weighted by molar-refractivity contribution is 8.00. The minimum atomic E-state index is -0.264. The Morgan fingerprint density at radius 1 is 1.14 bits per heavy atom. The van der Waals surface area contributed by atoms with Gasteiger partial charge in [-0.3, -0.25) is 4.79 Å². The second kappa shape index (κ2) is 9.46. The van der Waals surface area contributed by atoms with Crippen LogP contribution in [0.3, 0.4) is 0 Å². The van der Waals surface area contributed by atoms with Crippen molar-refractivity contribution in [1.29, 1.82) is 0 Å². The highest BCUT2D eigenvalue weighted by atomic mass is 35.5. The van der Waals surface area contributed by atoms with E-state index in [4.69, 9.17) is 11.6 Å². The van der Waals surface area contributed by atoms with Gasteiger partial charge >= 0.3 is 0 Å². The topological polar surface area (TPSA) is 59.8 Å². The zero-order valence-electron chi connectivity index (χ0n) is 17.1. The zero-order valence-corrected chi connectivity index (χ0v) is 18.6. The van der Waals surface area contributed by atoms with Crippen molar-refractivity contribution in [1.82, 2.24) is 14.8 Å². The maximum atomic E-state index is 12.8. The Morgan fingerprint density at radius 2 is 1.86 bits per heavy atom. The van der Waals surface area contributed by atoms with E-state index in [2.05, 4.69) is 15.5 Å². The number of amides is 1. The standard InChI is InChI=1S/C22H25ClN4OS/c1-5-19(21(28)24-17-11-7-14(3)8-12-17)29-22-26-25-20(27(22)6-2)16-10-9-15(4)18(23)13-16/h7-13,19H,5-6H2,1-4H3,(H,24,28). The van der Waals surface area contributed by atoms with Crippen LogP contribution in [0.1, 0.15) is 31.4 Å². The van der Waals surface area contributed by atoms with Crippen LogP contribution in [0, 0.1) is 13.8 Å². The maximum absolute atomic E-state index is 12.8. The van der Waals surface area contributed by atoms with Gasteiger partial charge < -0.3 is 9.88 Å². The summed E-state index contributed by atoms with van der Waals surface area (Å²) < 4.78 is 2.02. The summed E-state index contributed by atoms with van der Waals surface area (Å²) in [6.07, 6.45) is 0.685. The first-order chi connectivity index (χ1) is 13.9. The molecule has 5 nitrogen and oxygen atoms in total. The molecule has 0 fully saturated rings. The quantitative estimate of drug-likeness (QED) is 0.487. The van der Waals surface area contributed by atoms with E-state index in [1.54, 1.807) is 0 Å². The van der Waals surface area contributed by atoms with Gasteiger partial charge in [-0.1, -0.05) is 60.1 Å². The van der Waals surface area contributed by atoms with Crippen LogP contribution in [-0.4, -0.2) is 25.9 Å². The number of anilines is 1. The van der Waals surface area contributed by atoms with Crippen molar-refractivity contribution in [2.45, 2.75) is 51.1 Å². The molecule has 3 aromatic rings. The van der Waals surface area contributed by atoms with E-state index in [9.17, 15) is 4.79 Å². The number of aromatic nitrogens is 3. The van der Waals surface area contributed by atoms with E-state index in [1.165, 1.54) is 11.8 Å². The Morgan fingerprint density at radius 3 is 2.48 bits per heavy atom. The van der Waals surface area contributed by atoms with Crippen molar-refractivity contribution >= 4 is 35.0 Å². The molecule has 0 spiro atoms. The molecule has 3 rings (SSSR count). The number of hydrogen-bond donors (Lipinski definition) is 1. The number of benzene rings is 2. The molecular formula is C22H25ClN4OS. The second-order valence-electron chi connectivity index (χ2n) is 6.88. The van der Waals surface area contributed by atoms with E-state index < -0.39 is 0 Å². The number of halogens is 1. The van der Waals surface area contributed by atoms with Crippen LogP contribution in [0.5, 0.6) is 0 Å². The van der Waals surface area contributed by atoms with Crippen LogP contribution in [0.2, 0.25) is 5.02 Å². The first-order valence-electron chi connectivity index (χ1n) is 9.66. The Balaban J connectivity index is 1.80. The maximum Gasteiger partial charge on any atom is 0.237 e. The van der Waals surface area contributed by atoms with Gasteiger partial charge in [-0.15, -0.1) is 10.2 Å². The van der Waals surface area contributed by atoms with Crippen LogP contribution < -0.4 is 5.32 Å². The molecule has 29 heavy (non-hydrogen) atoms. The third-order valence-corrected chi connectivity index (χ3v) is 6.45. The first-order valence-corrected chi connectivity index (χ1v) is 10.9. The van der Waals surface area contributed by atoms with Gasteiger partial charge in [0.15, 0.2) is 11.0 Å². The SMILES string of the molecule is CCC(Sc1nnc(-c2ccc(C)c(Cl)c2)n1CC)C(=O)Nc1ccc(C)cc1. The third kappa shape index (κ3) is 5.00. The normalized spacial score (nSPS) is 12.0. The van der Waals surface area contributed by atoms with Crippen molar-refractivity contribution < 1.29 is 4.79 Å². The monoisotopic (exact) mass is 428 g/mol. The molecule has 1 unspecified atom stereocenters. The van der Waals surface area contributed by atoms with Gasteiger partial charge in [0.2, 0.25) is 5.91 Å². The average molecular weight is 429 g/mol. The molecule has 1 atom stereocenters. The van der Waals surface area contributed by atoms with E-state index in [0.717, 1.165) is 33.4 Å². The van der Waals surface area contributed by atoms with E-state index in [1.807, 2.05) is 74.7 Å². The zero-order chi connectivity index (χ0) is 21.0. The molecule has 0 saturated carbocycles. The highest BCUT2D eigenvalue weighted by Gasteiger charge is 2.23. The lowest BCUT2D eigenvalue weighted by Gasteiger charge is -2.15. The summed E-state index contributed by atoms with van der Waals surface area (Å²) in [5.41, 5.74) is 3.89. The average Bonchev–Trinajstić information content (AvgIpc) is 3.12. The van der Waals surface area contributed by atoms with Crippen molar-refractivity contribution in [3.05, 3.63) is 58.6 Å². The number of hydrogen-bond acceptors (Lipinski definition) is 4. The van der Waals surface area contributed by atoms with E-state index in [0.29, 0.717) is 18.0 Å². The number of thioether (sulfide) groups is 1. The van der Waals surface area contributed by atoms with Gasteiger partial charge in [-0.25, -0.2) is 0 Å². The highest BCUT2D eigenvalue weighted by Crippen LogP contribution is 2.30. The Labute approximate surface area is 180 Å². The summed E-state index contributed by atoms with van der Waals surface area (Å²) in [5, 5.41) is 12.9. The Kier molecular flexibility index (Phi) is 6.98. The fourth-order valence-electron chi connectivity index (χ4n) is 2.92. The van der Waals surface area contributed by atoms with Crippen LogP contribution >= 0.6 is 23.4 Å². The predicted octanol–water partition coefficient (Wildman–Crippen LogP) is 5.74. The van der Waals surface area contributed by atoms with Gasteiger partial charge in [-0.2, -0.15) is 0 Å². The lowest BCUT2D eigenvalue weighted by atomic mass is 10.1. The predicted molar refractivity (Wildman–Crippen MR) is 121 cm³/mol.